The van der Waals surface area contributed by atoms with Crippen molar-refractivity contribution in [1.29, 1.82) is 0 Å². The number of carbonyl (C=O) groups excluding carboxylic acids is 1. The van der Waals surface area contributed by atoms with Crippen LogP contribution in [0.25, 0.3) is 0 Å². The zero-order chi connectivity index (χ0) is 17.0. The molecule has 1 N–H and O–H groups in total. The standard InChI is InChI=1S/C16H23BrN2O3S/c1-12(2)11-16(20)19-9-7-14(8-10-19)18-23(21,22)15-5-3-13(17)4-6-15/h3-6,12,14,18H,7-11H2,1-2H3. The van der Waals surface area contributed by atoms with Gasteiger partial charge in [0.15, 0.2) is 0 Å². The van der Waals surface area contributed by atoms with E-state index in [1.54, 1.807) is 24.3 Å². The largest absolute Gasteiger partial charge is 0.343 e. The number of nitrogens with zero attached hydrogens (tertiary/aromatic N) is 1. The molecule has 128 valence electrons. The fourth-order valence-corrected chi connectivity index (χ4v) is 4.20. The van der Waals surface area contributed by atoms with Crippen LogP contribution >= 0.6 is 15.9 Å². The second-order valence-electron chi connectivity index (χ2n) is 6.33. The van der Waals surface area contributed by atoms with Crippen molar-refractivity contribution in [3.63, 3.8) is 0 Å². The highest BCUT2D eigenvalue weighted by Gasteiger charge is 2.26. The molecule has 0 atom stereocenters. The summed E-state index contributed by atoms with van der Waals surface area (Å²) < 4.78 is 28.3. The lowest BCUT2D eigenvalue weighted by atomic mass is 10.0. The van der Waals surface area contributed by atoms with Crippen molar-refractivity contribution in [2.75, 3.05) is 13.1 Å². The van der Waals surface area contributed by atoms with Crippen LogP contribution in [0.3, 0.4) is 0 Å². The summed E-state index contributed by atoms with van der Waals surface area (Å²) in [4.78, 5) is 14.1. The van der Waals surface area contributed by atoms with Gasteiger partial charge in [-0.25, -0.2) is 13.1 Å². The third kappa shape index (κ3) is 5.29. The zero-order valence-corrected chi connectivity index (χ0v) is 15.9. The van der Waals surface area contributed by atoms with Crippen LogP contribution < -0.4 is 4.72 Å². The number of sulfonamides is 1. The lowest BCUT2D eigenvalue weighted by Crippen LogP contribution is -2.46. The molecule has 1 heterocycles. The SMILES string of the molecule is CC(C)CC(=O)N1CCC(NS(=O)(=O)c2ccc(Br)cc2)CC1. The van der Waals surface area contributed by atoms with Crippen molar-refractivity contribution in [2.45, 2.75) is 44.0 Å². The van der Waals surface area contributed by atoms with Crippen LogP contribution in [0.15, 0.2) is 33.6 Å². The van der Waals surface area contributed by atoms with Gasteiger partial charge in [-0.2, -0.15) is 0 Å². The van der Waals surface area contributed by atoms with Crippen molar-refractivity contribution in [3.8, 4) is 0 Å². The second-order valence-corrected chi connectivity index (χ2v) is 8.96. The highest BCUT2D eigenvalue weighted by Crippen LogP contribution is 2.18. The molecule has 1 saturated heterocycles. The van der Waals surface area contributed by atoms with E-state index < -0.39 is 10.0 Å². The summed E-state index contributed by atoms with van der Waals surface area (Å²) in [6.45, 7) is 5.27. The van der Waals surface area contributed by atoms with E-state index in [-0.39, 0.29) is 16.8 Å². The highest BCUT2D eigenvalue weighted by atomic mass is 79.9. The lowest BCUT2D eigenvalue weighted by molar-refractivity contribution is -0.133. The first kappa shape index (κ1) is 18.4. The Balaban J connectivity index is 1.91. The Labute approximate surface area is 146 Å². The Morgan fingerprint density at radius 1 is 1.26 bits per heavy atom. The molecule has 5 nitrogen and oxygen atoms in total. The monoisotopic (exact) mass is 402 g/mol. The van der Waals surface area contributed by atoms with Gasteiger partial charge in [-0.1, -0.05) is 29.8 Å². The molecule has 7 heteroatoms. The van der Waals surface area contributed by atoms with E-state index in [4.69, 9.17) is 0 Å². The lowest BCUT2D eigenvalue weighted by Gasteiger charge is -2.32. The van der Waals surface area contributed by atoms with Gasteiger partial charge in [0.2, 0.25) is 15.9 Å². The van der Waals surface area contributed by atoms with E-state index in [2.05, 4.69) is 20.7 Å². The minimum absolute atomic E-state index is 0.119. The maximum atomic E-state index is 12.4. The number of halogens is 1. The van der Waals surface area contributed by atoms with Crippen molar-refractivity contribution >= 4 is 31.9 Å². The minimum atomic E-state index is -3.51. The van der Waals surface area contributed by atoms with Crippen molar-refractivity contribution < 1.29 is 13.2 Å². The molecule has 2 rings (SSSR count). The molecular formula is C16H23BrN2O3S. The number of rotatable bonds is 5. The van der Waals surface area contributed by atoms with Crippen LogP contribution in [0.4, 0.5) is 0 Å². The molecule has 0 bridgehead atoms. The van der Waals surface area contributed by atoms with Gasteiger partial charge in [0, 0.05) is 30.0 Å². The zero-order valence-electron chi connectivity index (χ0n) is 13.5. The molecule has 0 saturated carbocycles. The van der Waals surface area contributed by atoms with E-state index in [9.17, 15) is 13.2 Å². The molecule has 1 fully saturated rings. The van der Waals surface area contributed by atoms with Gasteiger partial charge in [-0.3, -0.25) is 4.79 Å². The summed E-state index contributed by atoms with van der Waals surface area (Å²) in [6, 6.07) is 6.46. The quantitative estimate of drug-likeness (QED) is 0.822. The van der Waals surface area contributed by atoms with Crippen molar-refractivity contribution in [3.05, 3.63) is 28.7 Å². The molecule has 0 unspecified atom stereocenters. The Kier molecular flexibility index (Phi) is 6.22. The molecule has 1 aromatic rings. The van der Waals surface area contributed by atoms with Crippen LogP contribution in [-0.4, -0.2) is 38.4 Å². The van der Waals surface area contributed by atoms with Gasteiger partial charge in [0.25, 0.3) is 0 Å². The first-order valence-corrected chi connectivity index (χ1v) is 10.1. The molecule has 0 radical (unpaired) electrons. The summed E-state index contributed by atoms with van der Waals surface area (Å²) >= 11 is 3.30. The van der Waals surface area contributed by atoms with Gasteiger partial charge < -0.3 is 4.90 Å². The number of likely N-dealkylation sites (tertiary alicyclic amines) is 1. The summed E-state index contributed by atoms with van der Waals surface area (Å²) in [5, 5.41) is 0. The van der Waals surface area contributed by atoms with Gasteiger partial charge in [-0.05, 0) is 43.0 Å². The van der Waals surface area contributed by atoms with E-state index in [0.717, 1.165) is 4.47 Å². The molecule has 0 aliphatic carbocycles. The first-order valence-electron chi connectivity index (χ1n) is 7.83. The highest BCUT2D eigenvalue weighted by molar-refractivity contribution is 9.10. The fraction of sp³-hybridized carbons (Fsp3) is 0.562. The van der Waals surface area contributed by atoms with E-state index >= 15 is 0 Å². The molecule has 1 aliphatic heterocycles. The van der Waals surface area contributed by atoms with Gasteiger partial charge in [0.05, 0.1) is 4.90 Å². The predicted octanol–water partition coefficient (Wildman–Crippen LogP) is 2.76. The summed E-state index contributed by atoms with van der Waals surface area (Å²) in [5.41, 5.74) is 0. The van der Waals surface area contributed by atoms with Gasteiger partial charge in [0.1, 0.15) is 0 Å². The number of hydrogen-bond donors (Lipinski definition) is 1. The molecule has 0 spiro atoms. The third-order valence-corrected chi connectivity index (χ3v) is 5.94. The maximum absolute atomic E-state index is 12.4. The summed E-state index contributed by atoms with van der Waals surface area (Å²) in [7, 11) is -3.51. The van der Waals surface area contributed by atoms with Crippen LogP contribution in [0.5, 0.6) is 0 Å². The normalized spacial score (nSPS) is 16.8. The van der Waals surface area contributed by atoms with Crippen LogP contribution in [0.2, 0.25) is 0 Å². The number of piperidine rings is 1. The Hall–Kier alpha value is -0.920. The third-order valence-electron chi connectivity index (χ3n) is 3.88. The smallest absolute Gasteiger partial charge is 0.240 e. The average molecular weight is 403 g/mol. The second kappa shape index (κ2) is 7.77. The Morgan fingerprint density at radius 3 is 2.35 bits per heavy atom. The first-order chi connectivity index (χ1) is 10.8. The molecule has 1 amide bonds. The van der Waals surface area contributed by atoms with E-state index in [1.807, 2.05) is 18.7 Å². The maximum Gasteiger partial charge on any atom is 0.240 e. The van der Waals surface area contributed by atoms with E-state index in [0.29, 0.717) is 38.3 Å². The van der Waals surface area contributed by atoms with Crippen molar-refractivity contribution in [1.82, 2.24) is 9.62 Å². The minimum Gasteiger partial charge on any atom is -0.343 e. The number of benzene rings is 1. The molecular weight excluding hydrogens is 380 g/mol. The molecule has 23 heavy (non-hydrogen) atoms. The summed E-state index contributed by atoms with van der Waals surface area (Å²) in [6.07, 6.45) is 1.86. The Morgan fingerprint density at radius 2 is 1.83 bits per heavy atom. The Bertz CT molecular complexity index is 636. The number of hydrogen-bond acceptors (Lipinski definition) is 3. The molecule has 0 aromatic heterocycles. The topological polar surface area (TPSA) is 66.5 Å². The average Bonchev–Trinajstić information content (AvgIpc) is 2.47. The van der Waals surface area contributed by atoms with Crippen LogP contribution in [0, 0.1) is 5.92 Å². The van der Waals surface area contributed by atoms with Gasteiger partial charge >= 0.3 is 0 Å². The molecule has 1 aliphatic rings. The van der Waals surface area contributed by atoms with Crippen LogP contribution in [0.1, 0.15) is 33.1 Å². The fourth-order valence-electron chi connectivity index (χ4n) is 2.63. The number of nitrogens with one attached hydrogen (secondary N) is 1. The van der Waals surface area contributed by atoms with E-state index in [1.165, 1.54) is 0 Å². The number of amides is 1. The predicted molar refractivity (Wildman–Crippen MR) is 93.5 cm³/mol. The van der Waals surface area contributed by atoms with Crippen LogP contribution in [-0.2, 0) is 14.8 Å². The van der Waals surface area contributed by atoms with Gasteiger partial charge in [-0.15, -0.1) is 0 Å². The van der Waals surface area contributed by atoms with Crippen molar-refractivity contribution in [2.24, 2.45) is 5.92 Å². The molecule has 1 aromatic carbocycles. The summed E-state index contributed by atoms with van der Waals surface area (Å²) in [5.74, 6) is 0.505. The number of carbonyl (C=O) groups is 1.